The van der Waals surface area contributed by atoms with Crippen LogP contribution in [0.25, 0.3) is 22.7 Å². The molecule has 0 fully saturated rings. The van der Waals surface area contributed by atoms with Gasteiger partial charge in [-0.1, -0.05) is 137 Å². The first-order chi connectivity index (χ1) is 25.7. The number of fused-ring (bicyclic) bond motifs is 7. The molecule has 2 aliphatic heterocycles. The lowest BCUT2D eigenvalue weighted by atomic mass is 9.64. The summed E-state index contributed by atoms with van der Waals surface area (Å²) in [7, 11) is 2.40. The van der Waals surface area contributed by atoms with Crippen LogP contribution in [0.1, 0.15) is 97.0 Å². The molecule has 0 saturated heterocycles. The molecule has 4 aromatic carbocycles. The van der Waals surface area contributed by atoms with E-state index in [1.54, 1.807) is 5.56 Å². The third kappa shape index (κ3) is 5.05. The van der Waals surface area contributed by atoms with Crippen molar-refractivity contribution in [3.8, 4) is 0 Å². The number of likely N-dealkylation sites (N-methyl/N-ethyl adjacent to an activating group) is 1. The van der Waals surface area contributed by atoms with Gasteiger partial charge in [0.05, 0.1) is 12.6 Å². The zero-order chi connectivity index (χ0) is 36.1. The van der Waals surface area contributed by atoms with E-state index in [9.17, 15) is 0 Å². The van der Waals surface area contributed by atoms with Crippen LogP contribution in [0.5, 0.6) is 0 Å². The quantitative estimate of drug-likeness (QED) is 0.194. The standard InChI is InChI=1S/C49H49N3S/c1-31-15-14-18-34-26-39-38-25-32(2)49(4,36-19-10-7-11-20-36)30-44(38)52(43(39)28-37(31)34)47-50-41(29-42(51(47)5)33-16-8-6-9-17-33)35-22-23-40-45(27-35)53-46-21-12-13-24-48(40,46)3/h6-14,16-24,26-29,31-32,42,46-47,50H,15,25,30H2,1-5H3/p+1. The third-order valence-corrected chi connectivity index (χ3v) is 15.3. The van der Waals surface area contributed by atoms with Gasteiger partial charge in [0.15, 0.2) is 0 Å². The highest BCUT2D eigenvalue weighted by molar-refractivity contribution is 8.00. The van der Waals surface area contributed by atoms with Crippen LogP contribution in [-0.2, 0) is 23.7 Å². The molecule has 8 atom stereocenters. The fourth-order valence-corrected chi connectivity index (χ4v) is 11.8. The Balaban J connectivity index is 1.16. The van der Waals surface area contributed by atoms with Gasteiger partial charge >= 0.3 is 0 Å². The molecule has 5 aromatic rings. The Morgan fingerprint density at radius 3 is 2.51 bits per heavy atom. The van der Waals surface area contributed by atoms with Crippen molar-refractivity contribution >= 4 is 34.4 Å². The summed E-state index contributed by atoms with van der Waals surface area (Å²) in [4.78, 5) is 2.84. The van der Waals surface area contributed by atoms with E-state index in [0.29, 0.717) is 17.1 Å². The second kappa shape index (κ2) is 12.3. The van der Waals surface area contributed by atoms with Crippen molar-refractivity contribution in [2.75, 3.05) is 7.05 Å². The summed E-state index contributed by atoms with van der Waals surface area (Å²) in [6, 6.07) is 35.0. The SMILES string of the molecule is CC1CC=Cc2cc3c4c(n(C5NC(c6ccc7c(c6)SC6C=CC=CC76C)=CC(c6ccccc6)[NH+]5C)c3cc21)CC(C)(c1ccccc1)C(C)C4. The molecule has 8 unspecified atom stereocenters. The van der Waals surface area contributed by atoms with Crippen molar-refractivity contribution in [1.82, 2.24) is 9.88 Å². The summed E-state index contributed by atoms with van der Waals surface area (Å²) < 4.78 is 2.76. The number of hydrogen-bond donors (Lipinski definition) is 2. The van der Waals surface area contributed by atoms with E-state index in [1.807, 2.05) is 11.8 Å². The number of rotatable bonds is 4. The van der Waals surface area contributed by atoms with Gasteiger partial charge < -0.3 is 5.32 Å². The first kappa shape index (κ1) is 33.1. The Labute approximate surface area is 319 Å². The average Bonchev–Trinajstić information content (AvgIpc) is 3.64. The molecule has 0 bridgehead atoms. The van der Waals surface area contributed by atoms with Crippen LogP contribution in [0.3, 0.4) is 0 Å². The number of hydrogen-bond acceptors (Lipinski definition) is 2. The smallest absolute Gasteiger partial charge is 0.246 e. The number of thioether (sulfide) groups is 1. The van der Waals surface area contributed by atoms with E-state index in [-0.39, 0.29) is 23.2 Å². The Morgan fingerprint density at radius 1 is 0.906 bits per heavy atom. The maximum Gasteiger partial charge on any atom is 0.246 e. The Hall–Kier alpha value is -4.51. The van der Waals surface area contributed by atoms with Crippen LogP contribution in [0.4, 0.5) is 0 Å². The molecule has 3 nitrogen and oxygen atoms in total. The van der Waals surface area contributed by atoms with Gasteiger partial charge in [0, 0.05) is 49.4 Å². The Kier molecular flexibility index (Phi) is 7.66. The van der Waals surface area contributed by atoms with Crippen molar-refractivity contribution in [2.45, 2.75) is 86.2 Å². The highest BCUT2D eigenvalue weighted by Crippen LogP contribution is 2.53. The maximum atomic E-state index is 4.23. The number of benzene rings is 4. The van der Waals surface area contributed by atoms with E-state index in [1.165, 1.54) is 65.5 Å². The predicted octanol–water partition coefficient (Wildman–Crippen LogP) is 10.1. The molecule has 266 valence electrons. The number of nitrogens with zero attached hydrogens (tertiary/aromatic N) is 1. The maximum absolute atomic E-state index is 4.23. The van der Waals surface area contributed by atoms with Crippen LogP contribution < -0.4 is 10.2 Å². The Morgan fingerprint density at radius 2 is 1.70 bits per heavy atom. The summed E-state index contributed by atoms with van der Waals surface area (Å²) in [6.45, 7) is 9.79. The molecule has 0 saturated carbocycles. The van der Waals surface area contributed by atoms with E-state index in [4.69, 9.17) is 0 Å². The molecule has 0 amide bonds. The fourth-order valence-electron chi connectivity index (χ4n) is 10.3. The summed E-state index contributed by atoms with van der Waals surface area (Å²) in [5.74, 6) is 1.02. The molecule has 0 spiro atoms. The molecule has 1 aromatic heterocycles. The summed E-state index contributed by atoms with van der Waals surface area (Å²) in [6.07, 6.45) is 19.6. The number of nitrogens with one attached hydrogen (secondary N) is 2. The van der Waals surface area contributed by atoms with Gasteiger partial charge in [-0.2, -0.15) is 0 Å². The molecule has 5 aliphatic rings. The van der Waals surface area contributed by atoms with Crippen LogP contribution in [0.2, 0.25) is 0 Å². The Bertz CT molecular complexity index is 2380. The van der Waals surface area contributed by atoms with Gasteiger partial charge in [0.1, 0.15) is 6.04 Å². The third-order valence-electron chi connectivity index (χ3n) is 13.8. The van der Waals surface area contributed by atoms with E-state index < -0.39 is 0 Å². The van der Waals surface area contributed by atoms with Gasteiger partial charge in [-0.15, -0.1) is 11.8 Å². The molecular weight excluding hydrogens is 663 g/mol. The van der Waals surface area contributed by atoms with E-state index in [0.717, 1.165) is 19.3 Å². The molecule has 0 radical (unpaired) electrons. The van der Waals surface area contributed by atoms with Crippen molar-refractivity contribution in [3.05, 3.63) is 172 Å². The second-order valence-electron chi connectivity index (χ2n) is 16.9. The highest BCUT2D eigenvalue weighted by Gasteiger charge is 2.45. The van der Waals surface area contributed by atoms with Crippen LogP contribution in [0, 0.1) is 5.92 Å². The molecule has 3 aliphatic carbocycles. The lowest BCUT2D eigenvalue weighted by Crippen LogP contribution is -3.12. The van der Waals surface area contributed by atoms with Crippen molar-refractivity contribution < 1.29 is 4.90 Å². The topological polar surface area (TPSA) is 21.4 Å². The van der Waals surface area contributed by atoms with Gasteiger partial charge in [0.2, 0.25) is 6.29 Å². The lowest BCUT2D eigenvalue weighted by Gasteiger charge is -2.43. The van der Waals surface area contributed by atoms with Crippen LogP contribution in [-0.4, -0.2) is 16.9 Å². The predicted molar refractivity (Wildman–Crippen MR) is 222 cm³/mol. The van der Waals surface area contributed by atoms with Crippen molar-refractivity contribution in [3.63, 3.8) is 0 Å². The van der Waals surface area contributed by atoms with E-state index >= 15 is 0 Å². The molecular formula is C49H50N3S+. The second-order valence-corrected chi connectivity index (χ2v) is 18.1. The lowest BCUT2D eigenvalue weighted by molar-refractivity contribution is -0.950. The minimum absolute atomic E-state index is 0.000698. The minimum Gasteiger partial charge on any atom is -0.317 e. The van der Waals surface area contributed by atoms with Crippen LogP contribution in [0.15, 0.2) is 132 Å². The van der Waals surface area contributed by atoms with Crippen molar-refractivity contribution in [2.24, 2.45) is 5.92 Å². The van der Waals surface area contributed by atoms with Crippen LogP contribution >= 0.6 is 11.8 Å². The minimum atomic E-state index is -0.000698. The summed E-state index contributed by atoms with van der Waals surface area (Å²) in [5.41, 5.74) is 14.1. The van der Waals surface area contributed by atoms with Gasteiger partial charge in [0.25, 0.3) is 0 Å². The molecule has 4 heteroatoms. The first-order valence-electron chi connectivity index (χ1n) is 19.7. The van der Waals surface area contributed by atoms with Gasteiger partial charge in [-0.3, -0.25) is 9.47 Å². The first-order valence-corrected chi connectivity index (χ1v) is 20.6. The van der Waals surface area contributed by atoms with Crippen molar-refractivity contribution in [1.29, 1.82) is 0 Å². The van der Waals surface area contributed by atoms with Gasteiger partial charge in [-0.25, -0.2) is 0 Å². The zero-order valence-electron chi connectivity index (χ0n) is 31.6. The summed E-state index contributed by atoms with van der Waals surface area (Å²) >= 11 is 2.02. The largest absolute Gasteiger partial charge is 0.317 e. The molecule has 3 heterocycles. The zero-order valence-corrected chi connectivity index (χ0v) is 32.4. The monoisotopic (exact) mass is 712 g/mol. The molecule has 10 rings (SSSR count). The number of aromatic nitrogens is 1. The van der Waals surface area contributed by atoms with Gasteiger partial charge in [-0.05, 0) is 82.7 Å². The molecule has 53 heavy (non-hydrogen) atoms. The fraction of sp³-hybridized carbons (Fsp3) is 0.306. The number of quaternary nitrogens is 1. The highest BCUT2D eigenvalue weighted by atomic mass is 32.2. The number of allylic oxidation sites excluding steroid dienone is 4. The summed E-state index contributed by atoms with van der Waals surface area (Å²) in [5, 5.41) is 6.11. The van der Waals surface area contributed by atoms with E-state index in [2.05, 4.69) is 178 Å². The normalized spacial score (nSPS) is 31.0. The average molecular weight is 713 g/mol. The molecule has 2 N–H and O–H groups in total.